The van der Waals surface area contributed by atoms with Crippen molar-refractivity contribution >= 4 is 15.1 Å². The molecule has 112 valence electrons. The summed E-state index contributed by atoms with van der Waals surface area (Å²) in [5.41, 5.74) is 2.42. The Hall–Kier alpha value is -1.22. The van der Waals surface area contributed by atoms with E-state index >= 15 is 0 Å². The third kappa shape index (κ3) is 4.71. The van der Waals surface area contributed by atoms with E-state index in [1.807, 2.05) is 12.1 Å². The van der Waals surface area contributed by atoms with Gasteiger partial charge in [-0.2, -0.15) is 0 Å². The summed E-state index contributed by atoms with van der Waals surface area (Å²) in [5.74, 6) is 1.86. The van der Waals surface area contributed by atoms with Gasteiger partial charge in [-0.15, -0.1) is 0 Å². The minimum absolute atomic E-state index is 0.732. The highest BCUT2D eigenvalue weighted by Gasteiger charge is 2.15. The summed E-state index contributed by atoms with van der Waals surface area (Å²) in [6.45, 7) is 13.3. The molecule has 0 saturated heterocycles. The van der Waals surface area contributed by atoms with E-state index in [4.69, 9.17) is 9.16 Å². The minimum Gasteiger partial charge on any atom is -0.544 e. The van der Waals surface area contributed by atoms with Crippen LogP contribution in [0, 0.1) is 0 Å². The van der Waals surface area contributed by atoms with Crippen LogP contribution in [0.25, 0.3) is 6.08 Å². The van der Waals surface area contributed by atoms with Crippen molar-refractivity contribution in [2.75, 3.05) is 6.61 Å². The minimum atomic E-state index is -1.14. The Kier molecular flexibility index (Phi) is 7.45. The van der Waals surface area contributed by atoms with Crippen molar-refractivity contribution < 1.29 is 9.16 Å². The van der Waals surface area contributed by atoms with Crippen LogP contribution >= 0.6 is 0 Å². The molecule has 0 fully saturated rings. The second kappa shape index (κ2) is 8.85. The van der Waals surface area contributed by atoms with Gasteiger partial charge in [0.05, 0.1) is 6.61 Å². The van der Waals surface area contributed by atoms with E-state index in [9.17, 15) is 0 Å². The van der Waals surface area contributed by atoms with Gasteiger partial charge in [0.2, 0.25) is 9.04 Å². The van der Waals surface area contributed by atoms with Gasteiger partial charge < -0.3 is 9.16 Å². The maximum atomic E-state index is 6.04. The van der Waals surface area contributed by atoms with Crippen LogP contribution < -0.4 is 9.16 Å². The molecule has 0 heterocycles. The molecule has 3 heteroatoms. The number of hydrogen-bond donors (Lipinski definition) is 0. The molecule has 0 radical (unpaired) electrons. The Morgan fingerprint density at radius 3 is 2.50 bits per heavy atom. The number of unbranched alkanes of at least 4 members (excludes halogenated alkanes) is 1. The highest BCUT2D eigenvalue weighted by Crippen LogP contribution is 2.36. The molecule has 0 aliphatic carbocycles. The van der Waals surface area contributed by atoms with Gasteiger partial charge in [-0.25, -0.2) is 0 Å². The highest BCUT2D eigenvalue weighted by molar-refractivity contribution is 6.49. The lowest BCUT2D eigenvalue weighted by molar-refractivity contribution is 0.304. The van der Waals surface area contributed by atoms with Crippen molar-refractivity contribution in [2.24, 2.45) is 0 Å². The van der Waals surface area contributed by atoms with Crippen LogP contribution in [-0.4, -0.2) is 15.6 Å². The molecule has 0 unspecified atom stereocenters. The van der Waals surface area contributed by atoms with Gasteiger partial charge in [-0.3, -0.25) is 0 Å². The summed E-state index contributed by atoms with van der Waals surface area (Å²) in [6, 6.07) is 4.13. The maximum Gasteiger partial charge on any atom is 0.229 e. The predicted molar refractivity (Wildman–Crippen MR) is 90.4 cm³/mol. The zero-order chi connectivity index (χ0) is 15.0. The standard InChI is InChI=1S/C17H28O2Si/c1-6-9-10-15-14(8-3)11-12-16(19-20(4)5)17(15)18-13-7-2/h8,11-12,20H,3,6-7,9-10,13H2,1-2,4-5H3. The fourth-order valence-corrected chi connectivity index (χ4v) is 2.83. The summed E-state index contributed by atoms with van der Waals surface area (Å²) in [6.07, 6.45) is 6.28. The maximum absolute atomic E-state index is 6.04. The molecule has 1 rings (SSSR count). The molecule has 0 aromatic heterocycles. The summed E-state index contributed by atoms with van der Waals surface area (Å²) >= 11 is 0. The molecule has 0 bridgehead atoms. The number of hydrogen-bond acceptors (Lipinski definition) is 2. The Balaban J connectivity index is 3.19. The van der Waals surface area contributed by atoms with Gasteiger partial charge in [0.15, 0.2) is 5.75 Å². The van der Waals surface area contributed by atoms with E-state index in [0.29, 0.717) is 0 Å². The lowest BCUT2D eigenvalue weighted by Crippen LogP contribution is -2.13. The van der Waals surface area contributed by atoms with E-state index in [-0.39, 0.29) is 0 Å². The molecule has 0 spiro atoms. The molecule has 20 heavy (non-hydrogen) atoms. The number of ether oxygens (including phenoxy) is 1. The van der Waals surface area contributed by atoms with Crippen LogP contribution in [0.2, 0.25) is 13.1 Å². The summed E-state index contributed by atoms with van der Waals surface area (Å²) < 4.78 is 12.0. The first-order valence-electron chi connectivity index (χ1n) is 7.71. The van der Waals surface area contributed by atoms with Crippen LogP contribution in [0.4, 0.5) is 0 Å². The second-order valence-electron chi connectivity index (χ2n) is 5.28. The van der Waals surface area contributed by atoms with Crippen molar-refractivity contribution in [1.29, 1.82) is 0 Å². The summed E-state index contributed by atoms with van der Waals surface area (Å²) in [7, 11) is -1.14. The molecule has 1 aromatic carbocycles. The van der Waals surface area contributed by atoms with Crippen molar-refractivity contribution in [3.63, 3.8) is 0 Å². The number of rotatable bonds is 9. The molecule has 0 saturated carbocycles. The first-order chi connectivity index (χ1) is 9.63. The van der Waals surface area contributed by atoms with E-state index in [1.165, 1.54) is 17.5 Å². The molecule has 2 nitrogen and oxygen atoms in total. The van der Waals surface area contributed by atoms with Crippen molar-refractivity contribution in [2.45, 2.75) is 52.6 Å². The quantitative estimate of drug-likeness (QED) is 0.607. The smallest absolute Gasteiger partial charge is 0.229 e. The molecule has 0 atom stereocenters. The summed E-state index contributed by atoms with van der Waals surface area (Å²) in [4.78, 5) is 0. The Morgan fingerprint density at radius 1 is 1.20 bits per heavy atom. The lowest BCUT2D eigenvalue weighted by Gasteiger charge is -2.20. The molecule has 0 aliphatic rings. The zero-order valence-corrected chi connectivity index (χ0v) is 14.5. The van der Waals surface area contributed by atoms with E-state index in [2.05, 4.69) is 39.6 Å². The van der Waals surface area contributed by atoms with E-state index < -0.39 is 9.04 Å². The first kappa shape index (κ1) is 16.8. The SMILES string of the molecule is C=Cc1ccc(O[SiH](C)C)c(OCCC)c1CCCC. The molecular formula is C17H28O2Si. The van der Waals surface area contributed by atoms with Crippen LogP contribution in [-0.2, 0) is 6.42 Å². The van der Waals surface area contributed by atoms with Crippen LogP contribution in [0.3, 0.4) is 0 Å². The highest BCUT2D eigenvalue weighted by atomic mass is 28.3. The van der Waals surface area contributed by atoms with Gasteiger partial charge in [-0.05, 0) is 44.0 Å². The largest absolute Gasteiger partial charge is 0.544 e. The second-order valence-corrected chi connectivity index (χ2v) is 7.62. The molecule has 0 N–H and O–H groups in total. The van der Waals surface area contributed by atoms with Crippen LogP contribution in [0.5, 0.6) is 11.5 Å². The van der Waals surface area contributed by atoms with Crippen molar-refractivity contribution in [1.82, 2.24) is 0 Å². The van der Waals surface area contributed by atoms with Gasteiger partial charge in [0.25, 0.3) is 0 Å². The van der Waals surface area contributed by atoms with Gasteiger partial charge >= 0.3 is 0 Å². The first-order valence-corrected chi connectivity index (χ1v) is 10.5. The monoisotopic (exact) mass is 292 g/mol. The average molecular weight is 292 g/mol. The third-order valence-electron chi connectivity index (χ3n) is 3.07. The Labute approximate surface area is 125 Å². The van der Waals surface area contributed by atoms with Crippen molar-refractivity contribution in [3.05, 3.63) is 29.8 Å². The van der Waals surface area contributed by atoms with E-state index in [0.717, 1.165) is 37.4 Å². The predicted octanol–water partition coefficient (Wildman–Crippen LogP) is 4.82. The fourth-order valence-electron chi connectivity index (χ4n) is 2.13. The molecule has 0 aliphatic heterocycles. The molecule has 1 aromatic rings. The zero-order valence-electron chi connectivity index (χ0n) is 13.4. The average Bonchev–Trinajstić information content (AvgIpc) is 2.43. The lowest BCUT2D eigenvalue weighted by atomic mass is 10.00. The van der Waals surface area contributed by atoms with Gasteiger partial charge in [0.1, 0.15) is 5.75 Å². The molecular weight excluding hydrogens is 264 g/mol. The van der Waals surface area contributed by atoms with Gasteiger partial charge in [-0.1, -0.05) is 39.0 Å². The fraction of sp³-hybridized carbons (Fsp3) is 0.529. The summed E-state index contributed by atoms with van der Waals surface area (Å²) in [5, 5.41) is 0. The Morgan fingerprint density at radius 2 is 1.95 bits per heavy atom. The van der Waals surface area contributed by atoms with Crippen LogP contribution in [0.1, 0.15) is 44.2 Å². The van der Waals surface area contributed by atoms with Crippen LogP contribution in [0.15, 0.2) is 18.7 Å². The van der Waals surface area contributed by atoms with E-state index in [1.54, 1.807) is 0 Å². The van der Waals surface area contributed by atoms with Crippen molar-refractivity contribution in [3.8, 4) is 11.5 Å². The normalized spacial score (nSPS) is 10.7. The topological polar surface area (TPSA) is 18.5 Å². The Bertz CT molecular complexity index is 427. The number of benzene rings is 1. The molecule has 0 amide bonds. The third-order valence-corrected chi connectivity index (χ3v) is 3.80. The van der Waals surface area contributed by atoms with Gasteiger partial charge in [0, 0.05) is 5.56 Å².